The van der Waals surface area contributed by atoms with Crippen molar-refractivity contribution in [1.29, 1.82) is 0 Å². The summed E-state index contributed by atoms with van der Waals surface area (Å²) in [7, 11) is 1.60. The number of aromatic amines is 1. The normalized spacial score (nSPS) is 11.9. The van der Waals surface area contributed by atoms with Gasteiger partial charge >= 0.3 is 0 Å². The van der Waals surface area contributed by atoms with Crippen LogP contribution in [0, 0.1) is 0 Å². The summed E-state index contributed by atoms with van der Waals surface area (Å²) in [6.07, 6.45) is 0. The highest BCUT2D eigenvalue weighted by atomic mass is 16.5. The van der Waals surface area contributed by atoms with Crippen LogP contribution in [0.4, 0.5) is 0 Å². The Kier molecular flexibility index (Phi) is 4.37. The van der Waals surface area contributed by atoms with Crippen LogP contribution in [-0.4, -0.2) is 17.1 Å². The highest BCUT2D eigenvalue weighted by molar-refractivity contribution is 5.31. The van der Waals surface area contributed by atoms with Crippen LogP contribution in [0.2, 0.25) is 0 Å². The molecule has 20 heavy (non-hydrogen) atoms. The molecule has 0 saturated carbocycles. The lowest BCUT2D eigenvalue weighted by atomic mass is 10.2. The summed E-state index contributed by atoms with van der Waals surface area (Å²) in [5.74, 6) is 1.86. The molecule has 2 aromatic rings. The number of benzene rings is 1. The predicted molar refractivity (Wildman–Crippen MR) is 74.8 cm³/mol. The Balaban J connectivity index is 2.08. The van der Waals surface area contributed by atoms with Gasteiger partial charge in [0.25, 0.3) is 5.56 Å². The Labute approximate surface area is 116 Å². The summed E-state index contributed by atoms with van der Waals surface area (Å²) in [6, 6.07) is 8.26. The Morgan fingerprint density at radius 1 is 1.30 bits per heavy atom. The first-order valence-electron chi connectivity index (χ1n) is 6.21. The van der Waals surface area contributed by atoms with Crippen molar-refractivity contribution in [2.75, 3.05) is 7.11 Å². The number of nitrogens with two attached hydrogens (primary N) is 1. The molecule has 1 aromatic heterocycles. The lowest BCUT2D eigenvalue weighted by Crippen LogP contribution is -2.18. The van der Waals surface area contributed by atoms with Crippen molar-refractivity contribution in [2.24, 2.45) is 5.73 Å². The molecule has 0 aliphatic rings. The van der Waals surface area contributed by atoms with E-state index in [0.29, 0.717) is 17.3 Å². The van der Waals surface area contributed by atoms with Gasteiger partial charge in [-0.15, -0.1) is 0 Å². The number of aromatic nitrogens is 2. The molecule has 1 atom stereocenters. The molecular formula is C14H17N3O3. The van der Waals surface area contributed by atoms with E-state index in [1.54, 1.807) is 38.3 Å². The molecular weight excluding hydrogens is 258 g/mol. The number of methoxy groups -OCH3 is 1. The maximum Gasteiger partial charge on any atom is 0.251 e. The van der Waals surface area contributed by atoms with Crippen LogP contribution in [0.5, 0.6) is 11.5 Å². The van der Waals surface area contributed by atoms with E-state index in [1.165, 1.54) is 6.07 Å². The van der Waals surface area contributed by atoms with Crippen LogP contribution in [0.3, 0.4) is 0 Å². The first-order chi connectivity index (χ1) is 9.58. The Hall–Kier alpha value is -2.34. The average Bonchev–Trinajstić information content (AvgIpc) is 2.45. The molecule has 3 N–H and O–H groups in total. The first-order valence-corrected chi connectivity index (χ1v) is 6.21. The number of H-pyrrole nitrogens is 1. The number of nitrogens with one attached hydrogen (secondary N) is 1. The molecule has 0 saturated heterocycles. The van der Waals surface area contributed by atoms with Crippen LogP contribution in [0.15, 0.2) is 35.1 Å². The van der Waals surface area contributed by atoms with Crippen molar-refractivity contribution < 1.29 is 9.47 Å². The second-order valence-electron chi connectivity index (χ2n) is 4.37. The van der Waals surface area contributed by atoms with Gasteiger partial charge in [0.05, 0.1) is 12.8 Å². The van der Waals surface area contributed by atoms with Crippen molar-refractivity contribution in [2.45, 2.75) is 19.6 Å². The first kappa shape index (κ1) is 14.1. The smallest absolute Gasteiger partial charge is 0.251 e. The summed E-state index contributed by atoms with van der Waals surface area (Å²) in [5, 5.41) is 0. The zero-order valence-corrected chi connectivity index (χ0v) is 11.4. The van der Waals surface area contributed by atoms with Gasteiger partial charge in [0.1, 0.15) is 23.9 Å². The van der Waals surface area contributed by atoms with E-state index >= 15 is 0 Å². The molecule has 2 rings (SSSR count). The number of hydrogen-bond acceptors (Lipinski definition) is 5. The number of ether oxygens (including phenoxy) is 2. The lowest BCUT2D eigenvalue weighted by Gasteiger charge is -2.09. The lowest BCUT2D eigenvalue weighted by molar-refractivity contribution is 0.294. The van der Waals surface area contributed by atoms with Crippen LogP contribution in [0.1, 0.15) is 24.5 Å². The van der Waals surface area contributed by atoms with Crippen molar-refractivity contribution in [1.82, 2.24) is 9.97 Å². The van der Waals surface area contributed by atoms with Gasteiger partial charge in [0.15, 0.2) is 0 Å². The summed E-state index contributed by atoms with van der Waals surface area (Å²) in [4.78, 5) is 18.4. The Bertz CT molecular complexity index is 620. The highest BCUT2D eigenvalue weighted by Gasteiger charge is 2.06. The van der Waals surface area contributed by atoms with Gasteiger partial charge in [0.2, 0.25) is 0 Å². The second kappa shape index (κ2) is 6.21. The summed E-state index contributed by atoms with van der Waals surface area (Å²) in [6.45, 7) is 1.94. The Morgan fingerprint density at radius 3 is 2.55 bits per heavy atom. The van der Waals surface area contributed by atoms with Crippen molar-refractivity contribution in [3.63, 3.8) is 0 Å². The van der Waals surface area contributed by atoms with Gasteiger partial charge in [0, 0.05) is 12.1 Å². The SMILES string of the molecule is COc1ccc(OCc2nc(C(C)N)cc(=O)[nH]2)cc1. The maximum absolute atomic E-state index is 11.5. The van der Waals surface area contributed by atoms with Crippen molar-refractivity contribution in [3.8, 4) is 11.5 Å². The molecule has 1 unspecified atom stereocenters. The predicted octanol–water partition coefficient (Wildman–Crippen LogP) is 1.38. The maximum atomic E-state index is 11.5. The Morgan fingerprint density at radius 2 is 1.95 bits per heavy atom. The third-order valence-corrected chi connectivity index (χ3v) is 2.71. The minimum atomic E-state index is -0.294. The molecule has 106 valence electrons. The number of hydrogen-bond donors (Lipinski definition) is 2. The second-order valence-corrected chi connectivity index (χ2v) is 4.37. The minimum absolute atomic E-state index is 0.169. The van der Waals surface area contributed by atoms with Crippen LogP contribution < -0.4 is 20.8 Å². The van der Waals surface area contributed by atoms with E-state index in [-0.39, 0.29) is 18.2 Å². The third-order valence-electron chi connectivity index (χ3n) is 2.71. The van der Waals surface area contributed by atoms with Crippen LogP contribution >= 0.6 is 0 Å². The molecule has 0 aliphatic heterocycles. The fraction of sp³-hybridized carbons (Fsp3) is 0.286. The number of rotatable bonds is 5. The van der Waals surface area contributed by atoms with Gasteiger partial charge in [-0.2, -0.15) is 0 Å². The standard InChI is InChI=1S/C14H17N3O3/c1-9(15)12-7-14(18)17-13(16-12)8-20-11-5-3-10(19-2)4-6-11/h3-7,9H,8,15H2,1-2H3,(H,16,17,18). The number of nitrogens with zero attached hydrogens (tertiary/aromatic N) is 1. The van der Waals surface area contributed by atoms with Gasteiger partial charge in [-0.25, -0.2) is 4.98 Å². The average molecular weight is 275 g/mol. The molecule has 0 aliphatic carbocycles. The van der Waals surface area contributed by atoms with Crippen molar-refractivity contribution in [3.05, 3.63) is 52.2 Å². The van der Waals surface area contributed by atoms with Gasteiger partial charge in [-0.05, 0) is 31.2 Å². The minimum Gasteiger partial charge on any atom is -0.497 e. The quantitative estimate of drug-likeness (QED) is 0.860. The molecule has 0 spiro atoms. The van der Waals surface area contributed by atoms with E-state index in [4.69, 9.17) is 15.2 Å². The molecule has 1 aromatic carbocycles. The third kappa shape index (κ3) is 3.58. The van der Waals surface area contributed by atoms with E-state index < -0.39 is 0 Å². The molecule has 1 heterocycles. The van der Waals surface area contributed by atoms with Gasteiger partial charge in [-0.3, -0.25) is 4.79 Å². The molecule has 6 heteroatoms. The molecule has 0 radical (unpaired) electrons. The fourth-order valence-electron chi connectivity index (χ4n) is 1.65. The van der Waals surface area contributed by atoms with E-state index in [2.05, 4.69) is 9.97 Å². The van der Waals surface area contributed by atoms with Crippen LogP contribution in [0.25, 0.3) is 0 Å². The highest BCUT2D eigenvalue weighted by Crippen LogP contribution is 2.17. The fourth-order valence-corrected chi connectivity index (χ4v) is 1.65. The van der Waals surface area contributed by atoms with E-state index in [0.717, 1.165) is 5.75 Å². The molecule has 0 amide bonds. The monoisotopic (exact) mass is 275 g/mol. The van der Waals surface area contributed by atoms with Gasteiger partial charge in [-0.1, -0.05) is 0 Å². The molecule has 0 bridgehead atoms. The molecule has 0 fully saturated rings. The summed E-state index contributed by atoms with van der Waals surface area (Å²) >= 11 is 0. The van der Waals surface area contributed by atoms with Crippen LogP contribution in [-0.2, 0) is 6.61 Å². The van der Waals surface area contributed by atoms with Crippen molar-refractivity contribution >= 4 is 0 Å². The van der Waals surface area contributed by atoms with Gasteiger partial charge < -0.3 is 20.2 Å². The topological polar surface area (TPSA) is 90.2 Å². The summed E-state index contributed by atoms with van der Waals surface area (Å²) < 4.78 is 10.6. The van der Waals surface area contributed by atoms with E-state index in [1.807, 2.05) is 0 Å². The zero-order chi connectivity index (χ0) is 14.5. The van der Waals surface area contributed by atoms with E-state index in [9.17, 15) is 4.79 Å². The zero-order valence-electron chi connectivity index (χ0n) is 11.4. The molecule has 6 nitrogen and oxygen atoms in total. The summed E-state index contributed by atoms with van der Waals surface area (Å²) in [5.41, 5.74) is 6.03. The largest absolute Gasteiger partial charge is 0.497 e.